The minimum absolute atomic E-state index is 0.111. The Hall–Kier alpha value is -2.16. The highest BCUT2D eigenvalue weighted by molar-refractivity contribution is 7.98. The molecule has 6 atom stereocenters. The van der Waals surface area contributed by atoms with Gasteiger partial charge in [-0.2, -0.15) is 11.8 Å². The lowest BCUT2D eigenvalue weighted by Gasteiger charge is -2.43. The van der Waals surface area contributed by atoms with Crippen LogP contribution >= 0.6 is 11.8 Å². The van der Waals surface area contributed by atoms with Crippen molar-refractivity contribution in [3.05, 3.63) is 27.8 Å². The molecule has 0 aliphatic carbocycles. The van der Waals surface area contributed by atoms with Crippen molar-refractivity contribution in [3.63, 3.8) is 0 Å². The maximum atomic E-state index is 11.7. The molecular formula is C23H36N2O10S. The first kappa shape index (κ1) is 30.1. The molecule has 36 heavy (non-hydrogen) atoms. The molecule has 0 bridgehead atoms. The highest BCUT2D eigenvalue weighted by Crippen LogP contribution is 2.36. The average Bonchev–Trinajstić information content (AvgIpc) is 2.86. The molecule has 0 amide bonds. The predicted octanol–water partition coefficient (Wildman–Crippen LogP) is 1.14. The summed E-state index contributed by atoms with van der Waals surface area (Å²) in [7, 11) is 4.21. The molecule has 13 heteroatoms. The van der Waals surface area contributed by atoms with Gasteiger partial charge in [0.1, 0.15) is 24.9 Å². The van der Waals surface area contributed by atoms with Crippen molar-refractivity contribution in [2.45, 2.75) is 50.1 Å². The van der Waals surface area contributed by atoms with Crippen molar-refractivity contribution in [2.75, 3.05) is 46.8 Å². The van der Waals surface area contributed by atoms with E-state index in [1.54, 1.807) is 19.9 Å². The Bertz CT molecular complexity index is 874. The van der Waals surface area contributed by atoms with E-state index < -0.39 is 35.4 Å². The molecule has 1 aromatic carbocycles. The fraction of sp³-hybridized carbons (Fsp3) is 0.696. The van der Waals surface area contributed by atoms with E-state index in [9.17, 15) is 25.1 Å². The smallest absolute Gasteiger partial charge is 0.309 e. The first-order valence-corrected chi connectivity index (χ1v) is 12.7. The van der Waals surface area contributed by atoms with E-state index in [0.29, 0.717) is 29.4 Å². The van der Waals surface area contributed by atoms with Crippen LogP contribution in [0.4, 0.5) is 5.69 Å². The van der Waals surface area contributed by atoms with E-state index in [4.69, 9.17) is 23.7 Å². The Balaban J connectivity index is 2.01. The zero-order valence-electron chi connectivity index (χ0n) is 21.2. The van der Waals surface area contributed by atoms with Gasteiger partial charge in [0, 0.05) is 30.7 Å². The quantitative estimate of drug-likeness (QED) is 0.136. The topological polar surface area (TPSA) is 159 Å². The Kier molecular flexibility index (Phi) is 12.1. The van der Waals surface area contributed by atoms with Gasteiger partial charge in [-0.3, -0.25) is 14.9 Å². The molecule has 0 saturated carbocycles. The fourth-order valence-corrected chi connectivity index (χ4v) is 5.07. The third-order valence-corrected chi connectivity index (χ3v) is 7.20. The molecule has 6 unspecified atom stereocenters. The monoisotopic (exact) mass is 532 g/mol. The number of nitro groups is 1. The third-order valence-electron chi connectivity index (χ3n) is 5.95. The first-order valence-electron chi connectivity index (χ1n) is 11.5. The second-order valence-corrected chi connectivity index (χ2v) is 9.44. The normalized spacial score (nSPS) is 24.7. The predicted molar refractivity (Wildman–Crippen MR) is 133 cm³/mol. The number of thioether (sulfide) groups is 1. The van der Waals surface area contributed by atoms with Gasteiger partial charge in [-0.15, -0.1) is 0 Å². The molecule has 1 aromatic rings. The van der Waals surface area contributed by atoms with Crippen LogP contribution in [0.15, 0.2) is 12.1 Å². The molecule has 0 spiro atoms. The second kappa shape index (κ2) is 14.5. The molecule has 1 heterocycles. The van der Waals surface area contributed by atoms with Crippen LogP contribution in [0.1, 0.15) is 19.4 Å². The molecular weight excluding hydrogens is 496 g/mol. The summed E-state index contributed by atoms with van der Waals surface area (Å²) < 4.78 is 26.9. The SMILES string of the molecule is COC(=O)C(C)CSCc1cc(OC)c(OCCNC2C(C)OC(CO)C(OC)C2O)cc1[N+](=O)[O-]. The molecule has 0 aromatic heterocycles. The Morgan fingerprint density at radius 1 is 1.31 bits per heavy atom. The van der Waals surface area contributed by atoms with Crippen molar-refractivity contribution in [3.8, 4) is 11.5 Å². The average molecular weight is 533 g/mol. The van der Waals surface area contributed by atoms with Gasteiger partial charge < -0.3 is 39.2 Å². The molecule has 1 fully saturated rings. The van der Waals surface area contributed by atoms with Gasteiger partial charge in [0.2, 0.25) is 0 Å². The number of carbonyl (C=O) groups is 1. The number of nitrogens with zero attached hydrogens (tertiary/aromatic N) is 1. The van der Waals surface area contributed by atoms with E-state index in [2.05, 4.69) is 5.32 Å². The van der Waals surface area contributed by atoms with Gasteiger partial charge in [-0.1, -0.05) is 6.92 Å². The number of nitrogens with one attached hydrogen (secondary N) is 1. The van der Waals surface area contributed by atoms with Gasteiger partial charge in [-0.25, -0.2) is 0 Å². The molecule has 1 saturated heterocycles. The maximum Gasteiger partial charge on any atom is 0.309 e. The largest absolute Gasteiger partial charge is 0.493 e. The van der Waals surface area contributed by atoms with E-state index in [1.165, 1.54) is 39.2 Å². The highest BCUT2D eigenvalue weighted by atomic mass is 32.2. The number of benzene rings is 1. The molecule has 0 radical (unpaired) electrons. The van der Waals surface area contributed by atoms with Crippen molar-refractivity contribution >= 4 is 23.4 Å². The number of aliphatic hydroxyl groups excluding tert-OH is 2. The van der Waals surface area contributed by atoms with Gasteiger partial charge in [0.15, 0.2) is 11.5 Å². The Morgan fingerprint density at radius 3 is 2.61 bits per heavy atom. The fourth-order valence-electron chi connectivity index (χ4n) is 4.02. The van der Waals surface area contributed by atoms with Crippen LogP contribution in [0.5, 0.6) is 11.5 Å². The number of carbonyl (C=O) groups excluding carboxylic acids is 1. The van der Waals surface area contributed by atoms with Crippen molar-refractivity contribution in [1.29, 1.82) is 0 Å². The Morgan fingerprint density at radius 2 is 2.03 bits per heavy atom. The Labute approximate surface area is 214 Å². The summed E-state index contributed by atoms with van der Waals surface area (Å²) in [5.74, 6) is 0.653. The number of esters is 1. The lowest BCUT2D eigenvalue weighted by molar-refractivity contribution is -0.385. The van der Waals surface area contributed by atoms with E-state index >= 15 is 0 Å². The molecule has 3 N–H and O–H groups in total. The standard InChI is InChI=1S/C23H36N2O10S/c1-13(23(28)33-5)11-36-12-15-8-17(31-3)18(9-16(15)25(29)30)34-7-6-24-20-14(2)35-19(10-26)22(32-4)21(20)27/h8-9,13-14,19-22,24,26-27H,6-7,10-12H2,1-5H3. The number of hydrogen-bond acceptors (Lipinski definition) is 12. The van der Waals surface area contributed by atoms with Crippen molar-refractivity contribution in [2.24, 2.45) is 5.92 Å². The molecule has 12 nitrogen and oxygen atoms in total. The maximum absolute atomic E-state index is 11.7. The number of rotatable bonds is 14. The third kappa shape index (κ3) is 7.67. The first-order chi connectivity index (χ1) is 17.2. The highest BCUT2D eigenvalue weighted by Gasteiger charge is 2.43. The van der Waals surface area contributed by atoms with Crippen LogP contribution in [0, 0.1) is 16.0 Å². The number of hydrogen-bond donors (Lipinski definition) is 3. The summed E-state index contributed by atoms with van der Waals surface area (Å²) in [4.78, 5) is 22.8. The number of aliphatic hydroxyl groups is 2. The van der Waals surface area contributed by atoms with Gasteiger partial charge in [0.05, 0.1) is 49.9 Å². The summed E-state index contributed by atoms with van der Waals surface area (Å²) in [5, 5.41) is 34.9. The summed E-state index contributed by atoms with van der Waals surface area (Å²) in [5.41, 5.74) is 0.337. The lowest BCUT2D eigenvalue weighted by Crippen LogP contribution is -2.63. The van der Waals surface area contributed by atoms with Crippen LogP contribution < -0.4 is 14.8 Å². The van der Waals surface area contributed by atoms with E-state index in [-0.39, 0.29) is 36.5 Å². The van der Waals surface area contributed by atoms with Gasteiger partial charge in [-0.05, 0) is 13.0 Å². The summed E-state index contributed by atoms with van der Waals surface area (Å²) in [6.07, 6.45) is -2.61. The zero-order valence-corrected chi connectivity index (χ0v) is 22.0. The number of ether oxygens (including phenoxy) is 5. The summed E-state index contributed by atoms with van der Waals surface area (Å²) >= 11 is 1.38. The van der Waals surface area contributed by atoms with E-state index in [1.807, 2.05) is 0 Å². The minimum atomic E-state index is -0.912. The van der Waals surface area contributed by atoms with Crippen molar-refractivity contribution < 1.29 is 43.6 Å². The summed E-state index contributed by atoms with van der Waals surface area (Å²) in [6.45, 7) is 3.68. The van der Waals surface area contributed by atoms with Crippen LogP contribution in [0.25, 0.3) is 0 Å². The molecule has 1 aliphatic heterocycles. The van der Waals surface area contributed by atoms with E-state index in [0.717, 1.165) is 0 Å². The molecule has 1 aliphatic rings. The second-order valence-electron chi connectivity index (χ2n) is 8.41. The van der Waals surface area contributed by atoms with Crippen LogP contribution in [-0.2, 0) is 24.8 Å². The summed E-state index contributed by atoms with van der Waals surface area (Å²) in [6, 6.07) is 2.42. The van der Waals surface area contributed by atoms with Gasteiger partial charge >= 0.3 is 5.97 Å². The number of methoxy groups -OCH3 is 3. The minimum Gasteiger partial charge on any atom is -0.493 e. The van der Waals surface area contributed by atoms with Crippen LogP contribution in [-0.4, -0.2) is 98.4 Å². The van der Waals surface area contributed by atoms with Crippen LogP contribution in [0.2, 0.25) is 0 Å². The van der Waals surface area contributed by atoms with Crippen LogP contribution in [0.3, 0.4) is 0 Å². The van der Waals surface area contributed by atoms with Gasteiger partial charge in [0.25, 0.3) is 5.69 Å². The van der Waals surface area contributed by atoms with Crippen molar-refractivity contribution in [1.82, 2.24) is 5.32 Å². The molecule has 2 rings (SSSR count). The molecule has 204 valence electrons. The zero-order chi connectivity index (χ0) is 26.8. The lowest BCUT2D eigenvalue weighted by atomic mass is 9.93. The number of nitro benzene ring substituents is 1.